The van der Waals surface area contributed by atoms with Gasteiger partial charge in [0.25, 0.3) is 0 Å². The summed E-state index contributed by atoms with van der Waals surface area (Å²) in [6, 6.07) is 8.11. The monoisotopic (exact) mass is 213 g/mol. The van der Waals surface area contributed by atoms with Crippen molar-refractivity contribution in [2.45, 2.75) is 20.4 Å². The van der Waals surface area contributed by atoms with Gasteiger partial charge in [-0.15, -0.1) is 5.92 Å². The molecule has 0 aliphatic rings. The maximum Gasteiger partial charge on any atom is 0.134 e. The van der Waals surface area contributed by atoms with Gasteiger partial charge in [0.2, 0.25) is 0 Å². The number of benzene rings is 1. The number of para-hydroxylation sites is 1. The topological polar surface area (TPSA) is 25.2 Å². The molecule has 1 aromatic carbocycles. The Bertz CT molecular complexity index is 543. The van der Waals surface area contributed by atoms with Crippen molar-refractivity contribution in [3.8, 4) is 11.8 Å². The van der Waals surface area contributed by atoms with Crippen LogP contribution in [0.25, 0.3) is 11.0 Å². The zero-order valence-electron chi connectivity index (χ0n) is 9.63. The van der Waals surface area contributed by atoms with E-state index in [0.717, 1.165) is 24.4 Å². The van der Waals surface area contributed by atoms with Gasteiger partial charge in [-0.05, 0) is 19.9 Å². The van der Waals surface area contributed by atoms with Crippen LogP contribution in [0, 0.1) is 18.8 Å². The molecule has 0 amide bonds. The summed E-state index contributed by atoms with van der Waals surface area (Å²) in [5, 5.41) is 4.48. The van der Waals surface area contributed by atoms with Crippen LogP contribution in [0.5, 0.6) is 0 Å². The number of furan rings is 1. The second-order valence-corrected chi connectivity index (χ2v) is 3.66. The molecule has 2 heteroatoms. The number of nitrogens with one attached hydrogen (secondary N) is 1. The van der Waals surface area contributed by atoms with Crippen LogP contribution in [-0.2, 0) is 6.54 Å². The summed E-state index contributed by atoms with van der Waals surface area (Å²) in [5.41, 5.74) is 2.19. The van der Waals surface area contributed by atoms with E-state index in [9.17, 15) is 0 Å². The van der Waals surface area contributed by atoms with Crippen LogP contribution >= 0.6 is 0 Å². The van der Waals surface area contributed by atoms with Gasteiger partial charge in [-0.2, -0.15) is 0 Å². The molecule has 0 radical (unpaired) electrons. The van der Waals surface area contributed by atoms with E-state index >= 15 is 0 Å². The largest absolute Gasteiger partial charge is 0.461 e. The van der Waals surface area contributed by atoms with Crippen molar-refractivity contribution in [3.63, 3.8) is 0 Å². The average molecular weight is 213 g/mol. The van der Waals surface area contributed by atoms with Gasteiger partial charge in [-0.25, -0.2) is 0 Å². The maximum atomic E-state index is 5.68. The summed E-state index contributed by atoms with van der Waals surface area (Å²) >= 11 is 0. The van der Waals surface area contributed by atoms with Crippen molar-refractivity contribution in [1.29, 1.82) is 0 Å². The van der Waals surface area contributed by atoms with Crippen LogP contribution in [0.3, 0.4) is 0 Å². The molecule has 0 bridgehead atoms. The Balaban J connectivity index is 2.21. The molecule has 0 fully saturated rings. The summed E-state index contributed by atoms with van der Waals surface area (Å²) in [7, 11) is 0. The van der Waals surface area contributed by atoms with Gasteiger partial charge < -0.3 is 9.73 Å². The lowest BCUT2D eigenvalue weighted by Crippen LogP contribution is -2.13. The molecule has 2 aromatic rings. The van der Waals surface area contributed by atoms with Gasteiger partial charge in [0.1, 0.15) is 11.3 Å². The number of rotatable bonds is 3. The SMILES string of the molecule is CC#CCNCc1c(C)oc2ccccc12. The fourth-order valence-corrected chi connectivity index (χ4v) is 1.78. The number of hydrogen-bond donors (Lipinski definition) is 1. The number of hydrogen-bond acceptors (Lipinski definition) is 2. The van der Waals surface area contributed by atoms with Crippen LogP contribution in [0.4, 0.5) is 0 Å². The second kappa shape index (κ2) is 4.87. The van der Waals surface area contributed by atoms with E-state index in [1.165, 1.54) is 10.9 Å². The van der Waals surface area contributed by atoms with Crippen LogP contribution in [0.15, 0.2) is 28.7 Å². The molecule has 0 aliphatic heterocycles. The Hall–Kier alpha value is -1.72. The van der Waals surface area contributed by atoms with E-state index < -0.39 is 0 Å². The lowest BCUT2D eigenvalue weighted by atomic mass is 10.1. The fourth-order valence-electron chi connectivity index (χ4n) is 1.78. The third-order valence-electron chi connectivity index (χ3n) is 2.59. The summed E-state index contributed by atoms with van der Waals surface area (Å²) in [6.45, 7) is 5.37. The highest BCUT2D eigenvalue weighted by atomic mass is 16.3. The molecule has 2 nitrogen and oxygen atoms in total. The van der Waals surface area contributed by atoms with E-state index in [1.54, 1.807) is 0 Å². The molecule has 0 atom stereocenters. The quantitative estimate of drug-likeness (QED) is 0.626. The molecule has 0 unspecified atom stereocenters. The highest BCUT2D eigenvalue weighted by molar-refractivity contribution is 5.82. The maximum absolute atomic E-state index is 5.68. The Labute approximate surface area is 95.6 Å². The minimum atomic E-state index is 0.718. The van der Waals surface area contributed by atoms with Gasteiger partial charge in [-0.3, -0.25) is 0 Å². The Kier molecular flexibility index (Phi) is 3.28. The molecular formula is C14H15NO. The van der Waals surface area contributed by atoms with Crippen LogP contribution in [-0.4, -0.2) is 6.54 Å². The standard InChI is InChI=1S/C14H15NO/c1-3-4-9-15-10-13-11(2)16-14-8-6-5-7-12(13)14/h5-8,15H,9-10H2,1-2H3. The minimum Gasteiger partial charge on any atom is -0.461 e. The van der Waals surface area contributed by atoms with E-state index in [-0.39, 0.29) is 0 Å². The van der Waals surface area contributed by atoms with Crippen LogP contribution in [0.2, 0.25) is 0 Å². The molecule has 0 aliphatic carbocycles. The first-order valence-corrected chi connectivity index (χ1v) is 5.40. The van der Waals surface area contributed by atoms with Gasteiger partial charge >= 0.3 is 0 Å². The lowest BCUT2D eigenvalue weighted by molar-refractivity contribution is 0.568. The Morgan fingerprint density at radius 1 is 1.31 bits per heavy atom. The van der Waals surface area contributed by atoms with E-state index in [0.29, 0.717) is 0 Å². The van der Waals surface area contributed by atoms with E-state index in [1.807, 2.05) is 32.0 Å². The van der Waals surface area contributed by atoms with Crippen molar-refractivity contribution in [3.05, 3.63) is 35.6 Å². The molecule has 0 saturated heterocycles. The molecule has 0 saturated carbocycles. The third kappa shape index (κ3) is 2.10. The van der Waals surface area contributed by atoms with Gasteiger partial charge in [0, 0.05) is 17.5 Å². The molecule has 1 heterocycles. The molecular weight excluding hydrogens is 198 g/mol. The molecule has 16 heavy (non-hydrogen) atoms. The summed E-state index contributed by atoms with van der Waals surface area (Å²) in [4.78, 5) is 0. The lowest BCUT2D eigenvalue weighted by Gasteiger charge is -1.99. The van der Waals surface area contributed by atoms with Gasteiger partial charge in [-0.1, -0.05) is 24.1 Å². The van der Waals surface area contributed by atoms with Crippen LogP contribution < -0.4 is 5.32 Å². The molecule has 2 rings (SSSR count). The second-order valence-electron chi connectivity index (χ2n) is 3.66. The summed E-state index contributed by atoms with van der Waals surface area (Å²) in [5.74, 6) is 6.83. The van der Waals surface area contributed by atoms with Crippen molar-refractivity contribution < 1.29 is 4.42 Å². The summed E-state index contributed by atoms with van der Waals surface area (Å²) < 4.78 is 5.68. The van der Waals surface area contributed by atoms with Crippen molar-refractivity contribution in [2.75, 3.05) is 6.54 Å². The highest BCUT2D eigenvalue weighted by Crippen LogP contribution is 2.24. The van der Waals surface area contributed by atoms with Crippen molar-refractivity contribution in [2.24, 2.45) is 0 Å². The predicted molar refractivity (Wildman–Crippen MR) is 66.1 cm³/mol. The molecule has 1 aromatic heterocycles. The Morgan fingerprint density at radius 3 is 2.94 bits per heavy atom. The van der Waals surface area contributed by atoms with E-state index in [4.69, 9.17) is 4.42 Å². The first-order chi connectivity index (χ1) is 7.83. The average Bonchev–Trinajstić information content (AvgIpc) is 2.61. The third-order valence-corrected chi connectivity index (χ3v) is 2.59. The molecule has 0 spiro atoms. The van der Waals surface area contributed by atoms with Crippen molar-refractivity contribution >= 4 is 11.0 Å². The first kappa shape index (κ1) is 10.8. The zero-order chi connectivity index (χ0) is 11.4. The number of aryl methyl sites for hydroxylation is 1. The highest BCUT2D eigenvalue weighted by Gasteiger charge is 2.08. The number of fused-ring (bicyclic) bond motifs is 1. The minimum absolute atomic E-state index is 0.718. The van der Waals surface area contributed by atoms with Gasteiger partial charge in [0.15, 0.2) is 0 Å². The normalized spacial score (nSPS) is 10.1. The molecule has 1 N–H and O–H groups in total. The Morgan fingerprint density at radius 2 is 2.12 bits per heavy atom. The van der Waals surface area contributed by atoms with E-state index in [2.05, 4.69) is 23.2 Å². The predicted octanol–water partition coefficient (Wildman–Crippen LogP) is 2.85. The smallest absolute Gasteiger partial charge is 0.134 e. The van der Waals surface area contributed by atoms with Crippen LogP contribution in [0.1, 0.15) is 18.2 Å². The van der Waals surface area contributed by atoms with Crippen molar-refractivity contribution in [1.82, 2.24) is 5.32 Å². The van der Waals surface area contributed by atoms with Gasteiger partial charge in [0.05, 0.1) is 6.54 Å². The first-order valence-electron chi connectivity index (χ1n) is 5.40. The fraction of sp³-hybridized carbons (Fsp3) is 0.286. The summed E-state index contributed by atoms with van der Waals surface area (Å²) in [6.07, 6.45) is 0. The molecule has 82 valence electrons. The zero-order valence-corrected chi connectivity index (χ0v) is 9.63.